The first-order valence-electron chi connectivity index (χ1n) is 10.9. The standard InChI is InChI=1S/C26H30N2O6/c1-5-15-34-18-9-7-17(8-10-18)23-22(24(30)20-12-11-19(33-4)16-21(20)29)25(31)26(32)28(23)14-6-13-27(2)3/h5,7-12,16,23,29-30H,1,6,13-15H2,2-4H3/b24-22+. The summed E-state index contributed by atoms with van der Waals surface area (Å²) in [5, 5.41) is 21.6. The number of hydrogen-bond donors (Lipinski definition) is 2. The number of methoxy groups -OCH3 is 1. The van der Waals surface area contributed by atoms with E-state index in [4.69, 9.17) is 9.47 Å². The number of aliphatic hydroxyl groups excluding tert-OH is 1. The number of ether oxygens (including phenoxy) is 2. The second-order valence-electron chi connectivity index (χ2n) is 8.20. The Hall–Kier alpha value is -3.78. The van der Waals surface area contributed by atoms with Crippen LogP contribution < -0.4 is 9.47 Å². The molecular formula is C26H30N2O6. The van der Waals surface area contributed by atoms with E-state index in [0.717, 1.165) is 6.54 Å². The van der Waals surface area contributed by atoms with Crippen LogP contribution in [0.1, 0.15) is 23.6 Å². The minimum atomic E-state index is -0.808. The summed E-state index contributed by atoms with van der Waals surface area (Å²) in [6.45, 7) is 5.03. The van der Waals surface area contributed by atoms with Gasteiger partial charge in [0.05, 0.1) is 24.3 Å². The molecule has 3 rings (SSSR count). The molecule has 0 spiro atoms. The lowest BCUT2D eigenvalue weighted by Crippen LogP contribution is -2.32. The summed E-state index contributed by atoms with van der Waals surface area (Å²) in [5.74, 6) is -1.18. The first-order chi connectivity index (χ1) is 16.3. The highest BCUT2D eigenvalue weighted by Gasteiger charge is 2.46. The molecule has 1 atom stereocenters. The molecule has 0 radical (unpaired) electrons. The monoisotopic (exact) mass is 466 g/mol. The molecule has 2 N–H and O–H groups in total. The van der Waals surface area contributed by atoms with E-state index in [1.54, 1.807) is 36.4 Å². The molecule has 2 aromatic carbocycles. The normalized spacial score (nSPS) is 17.3. The molecule has 1 aliphatic rings. The molecular weight excluding hydrogens is 436 g/mol. The number of aliphatic hydroxyl groups is 1. The number of carbonyl (C=O) groups is 2. The van der Waals surface area contributed by atoms with Crippen LogP contribution in [-0.4, -0.2) is 72.6 Å². The quantitative estimate of drug-likeness (QED) is 0.240. The number of hydrogen-bond acceptors (Lipinski definition) is 7. The highest BCUT2D eigenvalue weighted by Crippen LogP contribution is 2.41. The fourth-order valence-electron chi connectivity index (χ4n) is 3.90. The molecule has 1 unspecified atom stereocenters. The number of rotatable bonds is 10. The number of nitrogens with zero attached hydrogens (tertiary/aromatic N) is 2. The van der Waals surface area contributed by atoms with Gasteiger partial charge in [-0.3, -0.25) is 9.59 Å². The third-order valence-corrected chi connectivity index (χ3v) is 5.57. The number of Topliss-reactive ketones (excluding diaryl/α,β-unsaturated/α-hetero) is 1. The van der Waals surface area contributed by atoms with Crippen molar-refractivity contribution in [3.63, 3.8) is 0 Å². The van der Waals surface area contributed by atoms with Gasteiger partial charge in [-0.1, -0.05) is 24.8 Å². The number of aromatic hydroxyl groups is 1. The summed E-state index contributed by atoms with van der Waals surface area (Å²) in [7, 11) is 5.32. The predicted molar refractivity (Wildman–Crippen MR) is 129 cm³/mol. The Labute approximate surface area is 199 Å². The number of benzene rings is 2. The van der Waals surface area contributed by atoms with Crippen molar-refractivity contribution in [1.82, 2.24) is 9.80 Å². The lowest BCUT2D eigenvalue weighted by atomic mass is 9.95. The number of amides is 1. The molecule has 0 aliphatic carbocycles. The van der Waals surface area contributed by atoms with E-state index in [-0.39, 0.29) is 16.9 Å². The average molecular weight is 467 g/mol. The maximum atomic E-state index is 13.1. The van der Waals surface area contributed by atoms with Crippen LogP contribution in [0, 0.1) is 0 Å². The van der Waals surface area contributed by atoms with Crippen molar-refractivity contribution in [2.24, 2.45) is 0 Å². The summed E-state index contributed by atoms with van der Waals surface area (Å²) < 4.78 is 10.6. The topological polar surface area (TPSA) is 99.5 Å². The smallest absolute Gasteiger partial charge is 0.295 e. The van der Waals surface area contributed by atoms with Crippen LogP contribution in [0.25, 0.3) is 5.76 Å². The zero-order valence-electron chi connectivity index (χ0n) is 19.7. The molecule has 8 nitrogen and oxygen atoms in total. The van der Waals surface area contributed by atoms with E-state index in [0.29, 0.717) is 36.6 Å². The van der Waals surface area contributed by atoms with Gasteiger partial charge in [0, 0.05) is 12.6 Å². The van der Waals surface area contributed by atoms with E-state index in [9.17, 15) is 19.8 Å². The van der Waals surface area contributed by atoms with Crippen molar-refractivity contribution in [2.45, 2.75) is 12.5 Å². The average Bonchev–Trinajstić information content (AvgIpc) is 3.07. The molecule has 1 heterocycles. The number of phenolic OH excluding ortho intramolecular Hbond substituents is 1. The highest BCUT2D eigenvalue weighted by atomic mass is 16.5. The van der Waals surface area contributed by atoms with Crippen LogP contribution in [0.5, 0.6) is 17.2 Å². The third-order valence-electron chi connectivity index (χ3n) is 5.57. The first-order valence-corrected chi connectivity index (χ1v) is 10.9. The Morgan fingerprint density at radius 2 is 1.82 bits per heavy atom. The van der Waals surface area contributed by atoms with Gasteiger partial charge >= 0.3 is 0 Å². The van der Waals surface area contributed by atoms with Gasteiger partial charge in [0.25, 0.3) is 11.7 Å². The van der Waals surface area contributed by atoms with E-state index in [1.807, 2.05) is 19.0 Å². The van der Waals surface area contributed by atoms with Crippen LogP contribution >= 0.6 is 0 Å². The fraction of sp³-hybridized carbons (Fsp3) is 0.308. The Kier molecular flexibility index (Phi) is 7.96. The Morgan fingerprint density at radius 1 is 1.15 bits per heavy atom. The SMILES string of the molecule is C=CCOc1ccc(C2/C(=C(\O)c3ccc(OC)cc3O)C(=O)C(=O)N2CCCN(C)C)cc1. The van der Waals surface area contributed by atoms with E-state index >= 15 is 0 Å². The summed E-state index contributed by atoms with van der Waals surface area (Å²) in [4.78, 5) is 29.6. The van der Waals surface area contributed by atoms with Gasteiger partial charge in [0.1, 0.15) is 29.6 Å². The highest BCUT2D eigenvalue weighted by molar-refractivity contribution is 6.46. The molecule has 1 amide bonds. The van der Waals surface area contributed by atoms with Gasteiger partial charge in [-0.05, 0) is 56.9 Å². The van der Waals surface area contributed by atoms with E-state index in [1.165, 1.54) is 24.1 Å². The largest absolute Gasteiger partial charge is 0.507 e. The maximum absolute atomic E-state index is 13.1. The van der Waals surface area contributed by atoms with Gasteiger partial charge in [-0.25, -0.2) is 0 Å². The number of likely N-dealkylation sites (tertiary alicyclic amines) is 1. The van der Waals surface area contributed by atoms with Crippen LogP contribution in [0.15, 0.2) is 60.7 Å². The van der Waals surface area contributed by atoms with Gasteiger partial charge in [-0.2, -0.15) is 0 Å². The first kappa shape index (κ1) is 24.9. The summed E-state index contributed by atoms with van der Waals surface area (Å²) in [6, 6.07) is 10.5. The predicted octanol–water partition coefficient (Wildman–Crippen LogP) is 3.34. The molecule has 1 saturated heterocycles. The van der Waals surface area contributed by atoms with Crippen LogP contribution in [0.2, 0.25) is 0 Å². The van der Waals surface area contributed by atoms with Gasteiger partial charge in [-0.15, -0.1) is 0 Å². The second-order valence-corrected chi connectivity index (χ2v) is 8.20. The lowest BCUT2D eigenvalue weighted by molar-refractivity contribution is -0.139. The minimum Gasteiger partial charge on any atom is -0.507 e. The molecule has 2 aromatic rings. The molecule has 8 heteroatoms. The zero-order valence-corrected chi connectivity index (χ0v) is 19.7. The number of carbonyl (C=O) groups excluding carboxylic acids is 2. The number of phenols is 1. The Balaban J connectivity index is 2.08. The van der Waals surface area contributed by atoms with Gasteiger partial charge < -0.3 is 29.5 Å². The van der Waals surface area contributed by atoms with Crippen LogP contribution in [-0.2, 0) is 9.59 Å². The molecule has 180 valence electrons. The molecule has 1 aliphatic heterocycles. The van der Waals surface area contributed by atoms with Crippen molar-refractivity contribution < 1.29 is 29.3 Å². The van der Waals surface area contributed by atoms with Crippen molar-refractivity contribution >= 4 is 17.4 Å². The number of ketones is 1. The summed E-state index contributed by atoms with van der Waals surface area (Å²) in [6.07, 6.45) is 2.28. The third kappa shape index (κ3) is 5.23. The van der Waals surface area contributed by atoms with Crippen molar-refractivity contribution in [2.75, 3.05) is 40.9 Å². The molecule has 0 aromatic heterocycles. The molecule has 34 heavy (non-hydrogen) atoms. The van der Waals surface area contributed by atoms with Crippen LogP contribution in [0.3, 0.4) is 0 Å². The molecule has 1 fully saturated rings. The minimum absolute atomic E-state index is 0.0445. The molecule has 0 saturated carbocycles. The second kappa shape index (κ2) is 10.9. The van der Waals surface area contributed by atoms with E-state index < -0.39 is 23.5 Å². The van der Waals surface area contributed by atoms with Crippen molar-refractivity contribution in [1.29, 1.82) is 0 Å². The summed E-state index contributed by atoms with van der Waals surface area (Å²) >= 11 is 0. The Morgan fingerprint density at radius 3 is 2.41 bits per heavy atom. The van der Waals surface area contributed by atoms with Crippen molar-refractivity contribution in [3.8, 4) is 17.2 Å². The fourth-order valence-corrected chi connectivity index (χ4v) is 3.90. The van der Waals surface area contributed by atoms with E-state index in [2.05, 4.69) is 6.58 Å². The van der Waals surface area contributed by atoms with Gasteiger partial charge in [0.15, 0.2) is 0 Å². The lowest BCUT2D eigenvalue weighted by Gasteiger charge is -2.26. The van der Waals surface area contributed by atoms with Gasteiger partial charge in [0.2, 0.25) is 0 Å². The zero-order chi connectivity index (χ0) is 24.8. The van der Waals surface area contributed by atoms with Crippen LogP contribution in [0.4, 0.5) is 0 Å². The molecule has 0 bridgehead atoms. The Bertz CT molecular complexity index is 1090. The maximum Gasteiger partial charge on any atom is 0.295 e. The van der Waals surface area contributed by atoms with Crippen molar-refractivity contribution in [3.05, 3.63) is 71.8 Å². The summed E-state index contributed by atoms with van der Waals surface area (Å²) in [5.41, 5.74) is 0.614.